The first-order valence-electron chi connectivity index (χ1n) is 8.58. The van der Waals surface area contributed by atoms with Gasteiger partial charge in [0.2, 0.25) is 0 Å². The molecule has 1 atom stereocenters. The van der Waals surface area contributed by atoms with Crippen molar-refractivity contribution in [2.24, 2.45) is 5.73 Å². The van der Waals surface area contributed by atoms with Crippen LogP contribution in [0.2, 0.25) is 0 Å². The van der Waals surface area contributed by atoms with Crippen LogP contribution in [0.4, 0.5) is 0 Å². The highest BCUT2D eigenvalue weighted by atomic mass is 16.5. The maximum Gasteiger partial charge on any atom is 0.119 e. The molecular formula is C22H25NO. The van der Waals surface area contributed by atoms with Gasteiger partial charge in [0, 0.05) is 12.0 Å². The first kappa shape index (κ1) is 16.5. The van der Waals surface area contributed by atoms with E-state index in [1.807, 2.05) is 12.1 Å². The fourth-order valence-electron chi connectivity index (χ4n) is 3.11. The number of ether oxygens (including phenoxy) is 1. The summed E-state index contributed by atoms with van der Waals surface area (Å²) in [4.78, 5) is 0. The first-order chi connectivity index (χ1) is 11.7. The number of benzene rings is 3. The van der Waals surface area contributed by atoms with Gasteiger partial charge in [0.05, 0.1) is 6.61 Å². The molecule has 0 saturated heterocycles. The summed E-state index contributed by atoms with van der Waals surface area (Å²) in [6.45, 7) is 3.59. The third-order valence-corrected chi connectivity index (χ3v) is 4.78. The third kappa shape index (κ3) is 3.77. The quantitative estimate of drug-likeness (QED) is 0.628. The van der Waals surface area contributed by atoms with Crippen LogP contribution in [0.1, 0.15) is 25.3 Å². The van der Waals surface area contributed by atoms with Crippen LogP contribution in [0.3, 0.4) is 0 Å². The Labute approximate surface area is 144 Å². The molecule has 124 valence electrons. The standard InChI is InChI=1S/C22H25NO/c1-22(17-23,20-10-3-2-4-11-20)14-7-15-24-21-13-12-18-8-5-6-9-19(18)16-21/h2-6,8-13,16H,7,14-15,17,23H2,1H3. The lowest BCUT2D eigenvalue weighted by molar-refractivity contribution is 0.286. The second-order valence-corrected chi connectivity index (χ2v) is 6.59. The van der Waals surface area contributed by atoms with Crippen molar-refractivity contribution < 1.29 is 4.74 Å². The summed E-state index contributed by atoms with van der Waals surface area (Å²) in [6.07, 6.45) is 2.00. The Bertz CT molecular complexity index is 784. The monoisotopic (exact) mass is 319 g/mol. The minimum Gasteiger partial charge on any atom is -0.494 e. The van der Waals surface area contributed by atoms with Crippen LogP contribution in [0.15, 0.2) is 72.8 Å². The first-order valence-corrected chi connectivity index (χ1v) is 8.58. The highest BCUT2D eigenvalue weighted by Crippen LogP contribution is 2.28. The Morgan fingerprint density at radius 2 is 1.58 bits per heavy atom. The Kier molecular flexibility index (Phi) is 5.17. The van der Waals surface area contributed by atoms with E-state index in [9.17, 15) is 0 Å². The molecule has 3 aromatic carbocycles. The topological polar surface area (TPSA) is 35.2 Å². The molecule has 0 aliphatic rings. The predicted octanol–water partition coefficient (Wildman–Crippen LogP) is 4.92. The van der Waals surface area contributed by atoms with Crippen molar-refractivity contribution in [3.8, 4) is 5.75 Å². The van der Waals surface area contributed by atoms with Crippen LogP contribution in [0.5, 0.6) is 5.75 Å². The zero-order valence-corrected chi connectivity index (χ0v) is 14.2. The van der Waals surface area contributed by atoms with Gasteiger partial charge in [-0.15, -0.1) is 0 Å². The summed E-state index contributed by atoms with van der Waals surface area (Å²) < 4.78 is 5.95. The summed E-state index contributed by atoms with van der Waals surface area (Å²) in [7, 11) is 0. The van der Waals surface area contributed by atoms with Crippen LogP contribution >= 0.6 is 0 Å². The predicted molar refractivity (Wildman–Crippen MR) is 102 cm³/mol. The largest absolute Gasteiger partial charge is 0.494 e. The zero-order chi connectivity index (χ0) is 16.8. The number of fused-ring (bicyclic) bond motifs is 1. The van der Waals surface area contributed by atoms with E-state index in [2.05, 4.69) is 67.6 Å². The summed E-state index contributed by atoms with van der Waals surface area (Å²) in [6, 6.07) is 25.1. The van der Waals surface area contributed by atoms with E-state index in [0.29, 0.717) is 13.2 Å². The molecule has 3 aromatic rings. The summed E-state index contributed by atoms with van der Waals surface area (Å²) in [5.41, 5.74) is 7.37. The molecule has 0 fully saturated rings. The molecule has 2 nitrogen and oxygen atoms in total. The second kappa shape index (κ2) is 7.50. The van der Waals surface area contributed by atoms with Crippen molar-refractivity contribution in [3.63, 3.8) is 0 Å². The molecule has 24 heavy (non-hydrogen) atoms. The molecule has 0 amide bonds. The molecule has 0 spiro atoms. The third-order valence-electron chi connectivity index (χ3n) is 4.78. The Hall–Kier alpha value is -2.32. The van der Waals surface area contributed by atoms with Gasteiger partial charge in [0.1, 0.15) is 5.75 Å². The van der Waals surface area contributed by atoms with Crippen molar-refractivity contribution in [1.29, 1.82) is 0 Å². The zero-order valence-electron chi connectivity index (χ0n) is 14.2. The van der Waals surface area contributed by atoms with Gasteiger partial charge in [-0.25, -0.2) is 0 Å². The summed E-state index contributed by atoms with van der Waals surface area (Å²) >= 11 is 0. The van der Waals surface area contributed by atoms with Crippen LogP contribution in [0.25, 0.3) is 10.8 Å². The van der Waals surface area contributed by atoms with Crippen molar-refractivity contribution in [1.82, 2.24) is 0 Å². The molecule has 0 aliphatic heterocycles. The fourth-order valence-corrected chi connectivity index (χ4v) is 3.11. The Morgan fingerprint density at radius 3 is 2.33 bits per heavy atom. The van der Waals surface area contributed by atoms with Crippen molar-refractivity contribution in [3.05, 3.63) is 78.4 Å². The molecule has 3 rings (SSSR count). The van der Waals surface area contributed by atoms with Crippen LogP contribution < -0.4 is 10.5 Å². The van der Waals surface area contributed by atoms with E-state index >= 15 is 0 Å². The van der Waals surface area contributed by atoms with Gasteiger partial charge in [0.15, 0.2) is 0 Å². The van der Waals surface area contributed by atoms with Crippen molar-refractivity contribution in [2.45, 2.75) is 25.2 Å². The van der Waals surface area contributed by atoms with Gasteiger partial charge in [-0.05, 0) is 41.3 Å². The molecule has 2 heteroatoms. The highest BCUT2D eigenvalue weighted by Gasteiger charge is 2.24. The maximum atomic E-state index is 6.05. The molecule has 0 aliphatic carbocycles. The van der Waals surface area contributed by atoms with Gasteiger partial charge >= 0.3 is 0 Å². The molecule has 1 unspecified atom stereocenters. The smallest absolute Gasteiger partial charge is 0.119 e. The summed E-state index contributed by atoms with van der Waals surface area (Å²) in [5.74, 6) is 0.933. The SMILES string of the molecule is CC(CN)(CCCOc1ccc2ccccc2c1)c1ccccc1. The van der Waals surface area contributed by atoms with Gasteiger partial charge in [-0.2, -0.15) is 0 Å². The maximum absolute atomic E-state index is 6.05. The number of hydrogen-bond donors (Lipinski definition) is 1. The average Bonchev–Trinajstić information content (AvgIpc) is 2.65. The second-order valence-electron chi connectivity index (χ2n) is 6.59. The van der Waals surface area contributed by atoms with Crippen LogP contribution in [0, 0.1) is 0 Å². The lowest BCUT2D eigenvalue weighted by atomic mass is 9.79. The van der Waals surface area contributed by atoms with Crippen molar-refractivity contribution in [2.75, 3.05) is 13.2 Å². The number of rotatable bonds is 7. The van der Waals surface area contributed by atoms with Crippen molar-refractivity contribution >= 4 is 10.8 Å². The minimum atomic E-state index is 0.00794. The number of nitrogens with two attached hydrogens (primary N) is 1. The van der Waals surface area contributed by atoms with E-state index in [1.165, 1.54) is 16.3 Å². The lowest BCUT2D eigenvalue weighted by Crippen LogP contribution is -2.32. The molecular weight excluding hydrogens is 294 g/mol. The Balaban J connectivity index is 1.57. The van der Waals surface area contributed by atoms with E-state index in [0.717, 1.165) is 18.6 Å². The van der Waals surface area contributed by atoms with Gasteiger partial charge in [-0.3, -0.25) is 0 Å². The van der Waals surface area contributed by atoms with Gasteiger partial charge in [0.25, 0.3) is 0 Å². The van der Waals surface area contributed by atoms with Crippen LogP contribution in [-0.4, -0.2) is 13.2 Å². The van der Waals surface area contributed by atoms with E-state index < -0.39 is 0 Å². The molecule has 2 N–H and O–H groups in total. The van der Waals surface area contributed by atoms with Crippen LogP contribution in [-0.2, 0) is 5.41 Å². The Morgan fingerprint density at radius 1 is 0.875 bits per heavy atom. The molecule has 0 saturated carbocycles. The van der Waals surface area contributed by atoms with Gasteiger partial charge < -0.3 is 10.5 Å². The molecule has 0 radical (unpaired) electrons. The molecule has 0 bridgehead atoms. The summed E-state index contributed by atoms with van der Waals surface area (Å²) in [5, 5.41) is 2.45. The van der Waals surface area contributed by atoms with E-state index in [1.54, 1.807) is 0 Å². The highest BCUT2D eigenvalue weighted by molar-refractivity contribution is 5.83. The van der Waals surface area contributed by atoms with E-state index in [4.69, 9.17) is 10.5 Å². The van der Waals surface area contributed by atoms with Gasteiger partial charge in [-0.1, -0.05) is 67.6 Å². The number of hydrogen-bond acceptors (Lipinski definition) is 2. The fraction of sp³-hybridized carbons (Fsp3) is 0.273. The normalized spacial score (nSPS) is 13.6. The average molecular weight is 319 g/mol. The molecule has 0 heterocycles. The minimum absolute atomic E-state index is 0.00794. The van der Waals surface area contributed by atoms with E-state index in [-0.39, 0.29) is 5.41 Å². The molecule has 0 aromatic heterocycles. The lowest BCUT2D eigenvalue weighted by Gasteiger charge is -2.28.